The van der Waals surface area contributed by atoms with Crippen molar-refractivity contribution < 1.29 is 4.74 Å². The first-order valence-corrected chi connectivity index (χ1v) is 7.90. The molecule has 2 aromatic heterocycles. The minimum Gasteiger partial charge on any atom is -0.381 e. The van der Waals surface area contributed by atoms with Crippen molar-refractivity contribution in [2.75, 3.05) is 18.9 Å². The van der Waals surface area contributed by atoms with Crippen molar-refractivity contribution in [1.29, 1.82) is 0 Å². The van der Waals surface area contributed by atoms with Gasteiger partial charge in [-0.05, 0) is 32.1 Å². The highest BCUT2D eigenvalue weighted by atomic mass is 16.5. The van der Waals surface area contributed by atoms with E-state index >= 15 is 0 Å². The third kappa shape index (κ3) is 2.41. The highest BCUT2D eigenvalue weighted by molar-refractivity contribution is 5.78. The normalized spacial score (nSPS) is 18.4. The van der Waals surface area contributed by atoms with E-state index in [1.807, 2.05) is 11.7 Å². The number of rotatable bonds is 4. The van der Waals surface area contributed by atoms with Gasteiger partial charge in [0.05, 0.1) is 5.69 Å². The molecule has 1 atom stereocenters. The molecule has 0 aromatic carbocycles. The van der Waals surface area contributed by atoms with E-state index in [0.717, 1.165) is 55.8 Å². The average Bonchev–Trinajstić information content (AvgIpc) is 2.97. The summed E-state index contributed by atoms with van der Waals surface area (Å²) < 4.78 is 9.57. The van der Waals surface area contributed by atoms with Crippen LogP contribution in [0.3, 0.4) is 0 Å². The molecular weight excluding hydrogens is 266 g/mol. The number of ether oxygens (including phenoxy) is 1. The summed E-state index contributed by atoms with van der Waals surface area (Å²) in [5, 5.41) is 4.62. The van der Waals surface area contributed by atoms with Crippen LogP contribution in [0.15, 0.2) is 0 Å². The molecule has 2 aromatic rings. The number of fused-ring (bicyclic) bond motifs is 1. The molecule has 2 N–H and O–H groups in total. The van der Waals surface area contributed by atoms with Gasteiger partial charge < -0.3 is 10.5 Å². The van der Waals surface area contributed by atoms with E-state index in [4.69, 9.17) is 10.5 Å². The zero-order chi connectivity index (χ0) is 15.0. The summed E-state index contributed by atoms with van der Waals surface area (Å²) in [4.78, 5) is 4.59. The van der Waals surface area contributed by atoms with Gasteiger partial charge in [0, 0.05) is 26.3 Å². The molecule has 0 radical (unpaired) electrons. The number of hydrogen-bond acceptors (Lipinski definition) is 4. The predicted octanol–water partition coefficient (Wildman–Crippen LogP) is 2.29. The lowest BCUT2D eigenvalue weighted by molar-refractivity contribution is 0.0520. The second-order valence-electron chi connectivity index (χ2n) is 6.02. The number of aryl methyl sites for hydroxylation is 2. The van der Waals surface area contributed by atoms with Crippen molar-refractivity contribution >= 4 is 17.1 Å². The number of nitrogen functional groups attached to an aromatic ring is 1. The topological polar surface area (TPSA) is 70.9 Å². The van der Waals surface area contributed by atoms with Gasteiger partial charge in [-0.2, -0.15) is 5.10 Å². The molecule has 6 nitrogen and oxygen atoms in total. The molecule has 0 saturated carbocycles. The van der Waals surface area contributed by atoms with Gasteiger partial charge in [0.15, 0.2) is 5.65 Å². The van der Waals surface area contributed by atoms with Gasteiger partial charge in [-0.3, -0.25) is 9.25 Å². The molecule has 116 valence electrons. The highest BCUT2D eigenvalue weighted by Crippen LogP contribution is 2.33. The number of nitrogens with zero attached hydrogens (tertiary/aromatic N) is 4. The fourth-order valence-corrected chi connectivity index (χ4v) is 3.44. The fourth-order valence-electron chi connectivity index (χ4n) is 3.44. The maximum absolute atomic E-state index is 6.22. The number of hydrogen-bond donors (Lipinski definition) is 1. The molecule has 0 aliphatic carbocycles. The molecule has 1 fully saturated rings. The Morgan fingerprint density at radius 3 is 2.76 bits per heavy atom. The van der Waals surface area contributed by atoms with Crippen LogP contribution < -0.4 is 5.73 Å². The van der Waals surface area contributed by atoms with E-state index in [-0.39, 0.29) is 0 Å². The van der Waals surface area contributed by atoms with E-state index in [2.05, 4.69) is 28.5 Å². The lowest BCUT2D eigenvalue weighted by Crippen LogP contribution is -2.25. The molecule has 0 amide bonds. The third-order valence-electron chi connectivity index (χ3n) is 4.61. The highest BCUT2D eigenvalue weighted by Gasteiger charge is 2.27. The van der Waals surface area contributed by atoms with E-state index in [0.29, 0.717) is 17.9 Å². The molecule has 3 heterocycles. The minimum absolute atomic E-state index is 0.323. The van der Waals surface area contributed by atoms with Gasteiger partial charge >= 0.3 is 0 Å². The second-order valence-corrected chi connectivity index (χ2v) is 6.02. The second kappa shape index (κ2) is 5.67. The van der Waals surface area contributed by atoms with E-state index in [1.54, 1.807) is 0 Å². The number of imidazole rings is 1. The molecular formula is C15H25N5O. The SMILES string of the molecule is CCCc1nn(C)c2c1nc(N)n2C(C)C1CCOCC1. The summed E-state index contributed by atoms with van der Waals surface area (Å²) in [6.45, 7) is 6.09. The number of nitrogens with two attached hydrogens (primary N) is 1. The zero-order valence-electron chi connectivity index (χ0n) is 13.2. The lowest BCUT2D eigenvalue weighted by Gasteiger charge is -2.29. The van der Waals surface area contributed by atoms with E-state index in [1.165, 1.54) is 0 Å². The molecule has 1 aliphatic rings. The van der Waals surface area contributed by atoms with Gasteiger partial charge in [-0.15, -0.1) is 0 Å². The van der Waals surface area contributed by atoms with Crippen molar-refractivity contribution in [1.82, 2.24) is 19.3 Å². The van der Waals surface area contributed by atoms with Crippen LogP contribution >= 0.6 is 0 Å². The minimum atomic E-state index is 0.323. The van der Waals surface area contributed by atoms with Crippen LogP contribution in [0.4, 0.5) is 5.95 Å². The Kier molecular flexibility index (Phi) is 3.89. The van der Waals surface area contributed by atoms with Crippen molar-refractivity contribution in [3.8, 4) is 0 Å². The Bertz CT molecular complexity index is 624. The number of aromatic nitrogens is 4. The van der Waals surface area contributed by atoms with Crippen LogP contribution in [0.1, 0.15) is 44.8 Å². The molecule has 1 unspecified atom stereocenters. The maximum atomic E-state index is 6.22. The zero-order valence-corrected chi connectivity index (χ0v) is 13.2. The first kappa shape index (κ1) is 14.4. The van der Waals surface area contributed by atoms with Crippen LogP contribution in [0.25, 0.3) is 11.2 Å². The smallest absolute Gasteiger partial charge is 0.202 e. The predicted molar refractivity (Wildman–Crippen MR) is 83.2 cm³/mol. The van der Waals surface area contributed by atoms with Crippen LogP contribution in [0, 0.1) is 5.92 Å². The lowest BCUT2D eigenvalue weighted by atomic mass is 9.93. The molecule has 21 heavy (non-hydrogen) atoms. The summed E-state index contributed by atoms with van der Waals surface area (Å²) in [5.41, 5.74) is 9.29. The van der Waals surface area contributed by atoms with Gasteiger partial charge in [-0.1, -0.05) is 13.3 Å². The summed E-state index contributed by atoms with van der Waals surface area (Å²) in [6, 6.07) is 0.323. The van der Waals surface area contributed by atoms with Crippen LogP contribution in [0.2, 0.25) is 0 Å². The first-order chi connectivity index (χ1) is 10.1. The summed E-state index contributed by atoms with van der Waals surface area (Å²) >= 11 is 0. The Morgan fingerprint density at radius 2 is 2.10 bits per heavy atom. The first-order valence-electron chi connectivity index (χ1n) is 7.90. The Balaban J connectivity index is 2.03. The van der Waals surface area contributed by atoms with Crippen molar-refractivity contribution in [3.63, 3.8) is 0 Å². The summed E-state index contributed by atoms with van der Waals surface area (Å²) in [5.74, 6) is 1.19. The van der Waals surface area contributed by atoms with Crippen molar-refractivity contribution in [2.45, 2.75) is 45.6 Å². The Hall–Kier alpha value is -1.56. The molecule has 0 bridgehead atoms. The summed E-state index contributed by atoms with van der Waals surface area (Å²) in [6.07, 6.45) is 4.17. The monoisotopic (exact) mass is 291 g/mol. The van der Waals surface area contributed by atoms with Gasteiger partial charge in [0.2, 0.25) is 5.95 Å². The van der Waals surface area contributed by atoms with Crippen LogP contribution in [-0.4, -0.2) is 32.5 Å². The van der Waals surface area contributed by atoms with E-state index < -0.39 is 0 Å². The molecule has 6 heteroatoms. The van der Waals surface area contributed by atoms with Crippen molar-refractivity contribution in [2.24, 2.45) is 13.0 Å². The van der Waals surface area contributed by atoms with E-state index in [9.17, 15) is 0 Å². The van der Waals surface area contributed by atoms with Gasteiger partial charge in [0.1, 0.15) is 5.52 Å². The maximum Gasteiger partial charge on any atom is 0.202 e. The Morgan fingerprint density at radius 1 is 1.38 bits per heavy atom. The molecule has 1 saturated heterocycles. The molecule has 0 spiro atoms. The quantitative estimate of drug-likeness (QED) is 0.938. The van der Waals surface area contributed by atoms with Crippen molar-refractivity contribution in [3.05, 3.63) is 5.69 Å². The van der Waals surface area contributed by atoms with Gasteiger partial charge in [-0.25, -0.2) is 4.98 Å². The number of anilines is 1. The third-order valence-corrected chi connectivity index (χ3v) is 4.61. The largest absolute Gasteiger partial charge is 0.381 e. The van der Waals surface area contributed by atoms with Crippen LogP contribution in [-0.2, 0) is 18.2 Å². The molecule has 1 aliphatic heterocycles. The standard InChI is InChI=1S/C15H25N5O/c1-4-5-12-13-14(19(3)18-12)20(15(16)17-13)10(2)11-6-8-21-9-7-11/h10-11H,4-9H2,1-3H3,(H2,16,17). The average molecular weight is 291 g/mol. The summed E-state index contributed by atoms with van der Waals surface area (Å²) in [7, 11) is 1.98. The Labute approximate surface area is 125 Å². The van der Waals surface area contributed by atoms with Gasteiger partial charge in [0.25, 0.3) is 0 Å². The van der Waals surface area contributed by atoms with Crippen LogP contribution in [0.5, 0.6) is 0 Å². The fraction of sp³-hybridized carbons (Fsp3) is 0.733. The molecule has 3 rings (SSSR count).